The molecule has 3 rings (SSSR count). The second kappa shape index (κ2) is 7.42. The van der Waals surface area contributed by atoms with Crippen LogP contribution in [0.5, 0.6) is 0 Å². The maximum atomic E-state index is 12.7. The van der Waals surface area contributed by atoms with Gasteiger partial charge in [0.2, 0.25) is 5.91 Å². The lowest BCUT2D eigenvalue weighted by Crippen LogP contribution is -2.56. The molecule has 0 saturated carbocycles. The van der Waals surface area contributed by atoms with Crippen molar-refractivity contribution in [3.63, 3.8) is 0 Å². The topological polar surface area (TPSA) is 80.5 Å². The number of pyridine rings is 1. The van der Waals surface area contributed by atoms with Gasteiger partial charge in [-0.25, -0.2) is 4.98 Å². The van der Waals surface area contributed by atoms with Crippen molar-refractivity contribution < 1.29 is 22.8 Å². The summed E-state index contributed by atoms with van der Waals surface area (Å²) in [4.78, 5) is 32.5. The van der Waals surface area contributed by atoms with Gasteiger partial charge in [-0.05, 0) is 25.0 Å². The number of rotatable bonds is 2. The van der Waals surface area contributed by atoms with Gasteiger partial charge in [0.15, 0.2) is 0 Å². The van der Waals surface area contributed by atoms with E-state index in [1.165, 1.54) is 11.1 Å². The molecule has 27 heavy (non-hydrogen) atoms. The molecule has 0 N–H and O–H groups in total. The number of nitrogens with zero attached hydrogens (tertiary/aromatic N) is 5. The summed E-state index contributed by atoms with van der Waals surface area (Å²) >= 11 is 0. The van der Waals surface area contributed by atoms with Crippen LogP contribution in [0.1, 0.15) is 18.4 Å². The zero-order valence-electron chi connectivity index (χ0n) is 14.4. The van der Waals surface area contributed by atoms with Crippen molar-refractivity contribution in [1.82, 2.24) is 14.8 Å². The van der Waals surface area contributed by atoms with E-state index in [0.717, 1.165) is 0 Å². The number of hydrogen-bond acceptors (Lipinski definition) is 5. The van der Waals surface area contributed by atoms with Crippen LogP contribution in [0, 0.1) is 11.3 Å². The molecule has 3 heterocycles. The molecule has 2 aliphatic rings. The molecule has 0 radical (unpaired) electrons. The lowest BCUT2D eigenvalue weighted by Gasteiger charge is -2.37. The van der Waals surface area contributed by atoms with Gasteiger partial charge in [-0.2, -0.15) is 18.4 Å². The minimum Gasteiger partial charge on any atom is -0.353 e. The molecule has 0 bridgehead atoms. The van der Waals surface area contributed by atoms with E-state index in [1.54, 1.807) is 12.1 Å². The largest absolute Gasteiger partial charge is 0.471 e. The van der Waals surface area contributed by atoms with E-state index in [0.29, 0.717) is 48.9 Å². The summed E-state index contributed by atoms with van der Waals surface area (Å²) in [6.45, 7) is 1.58. The quantitative estimate of drug-likeness (QED) is 0.768. The summed E-state index contributed by atoms with van der Waals surface area (Å²) in [6.07, 6.45) is -2.87. The van der Waals surface area contributed by atoms with E-state index in [2.05, 4.69) is 4.98 Å². The highest BCUT2D eigenvalue weighted by molar-refractivity contribution is 5.90. The molecule has 0 aliphatic carbocycles. The van der Waals surface area contributed by atoms with Gasteiger partial charge >= 0.3 is 12.1 Å². The highest BCUT2D eigenvalue weighted by atomic mass is 19.4. The fourth-order valence-corrected chi connectivity index (χ4v) is 3.44. The summed E-state index contributed by atoms with van der Waals surface area (Å²) < 4.78 is 38.2. The highest BCUT2D eigenvalue weighted by Crippen LogP contribution is 2.27. The summed E-state index contributed by atoms with van der Waals surface area (Å²) in [5.74, 6) is -1.70. The Balaban J connectivity index is 1.61. The van der Waals surface area contributed by atoms with Gasteiger partial charge in [0.05, 0.1) is 5.56 Å². The normalized spacial score (nSPS) is 20.5. The fraction of sp³-hybridized carbons (Fsp3) is 0.529. The van der Waals surface area contributed by atoms with Gasteiger partial charge in [0.25, 0.3) is 0 Å². The number of aromatic nitrogens is 1. The minimum absolute atomic E-state index is 0.0517. The van der Waals surface area contributed by atoms with Crippen molar-refractivity contribution >= 4 is 17.6 Å². The number of nitriles is 1. The van der Waals surface area contributed by atoms with Crippen LogP contribution in [0.15, 0.2) is 18.3 Å². The van der Waals surface area contributed by atoms with E-state index in [-0.39, 0.29) is 13.0 Å². The first-order valence-corrected chi connectivity index (χ1v) is 8.59. The Hall–Kier alpha value is -2.83. The standard InChI is InChI=1S/C17H18F3N5O2/c18-17(19,20)16(27)25-5-1-2-13(25)15(26)24-8-6-23(7-9-24)14-4-3-12(10-21)11-22-14/h3-4,11,13H,1-2,5-9H2. The average Bonchev–Trinajstić information content (AvgIpc) is 3.16. The van der Waals surface area contributed by atoms with Gasteiger partial charge < -0.3 is 14.7 Å². The maximum Gasteiger partial charge on any atom is 0.471 e. The number of halogens is 3. The monoisotopic (exact) mass is 381 g/mol. The third-order valence-corrected chi connectivity index (χ3v) is 4.83. The number of hydrogen-bond donors (Lipinski definition) is 0. The van der Waals surface area contributed by atoms with E-state index >= 15 is 0 Å². The first-order valence-electron chi connectivity index (χ1n) is 8.59. The third kappa shape index (κ3) is 3.97. The molecule has 0 aromatic carbocycles. The molecule has 144 valence electrons. The number of anilines is 1. The van der Waals surface area contributed by atoms with Crippen LogP contribution < -0.4 is 4.90 Å². The van der Waals surface area contributed by atoms with Crippen LogP contribution in [0.2, 0.25) is 0 Å². The Bertz CT molecular complexity index is 751. The van der Waals surface area contributed by atoms with Gasteiger partial charge in [0.1, 0.15) is 17.9 Å². The van der Waals surface area contributed by atoms with Gasteiger partial charge in [-0.1, -0.05) is 0 Å². The lowest BCUT2D eigenvalue weighted by atomic mass is 10.1. The maximum absolute atomic E-state index is 12.7. The number of piperazine rings is 1. The molecular weight excluding hydrogens is 363 g/mol. The molecule has 1 aromatic rings. The fourth-order valence-electron chi connectivity index (χ4n) is 3.44. The lowest BCUT2D eigenvalue weighted by molar-refractivity contribution is -0.187. The Kier molecular flexibility index (Phi) is 5.21. The number of amides is 2. The molecule has 2 fully saturated rings. The molecule has 7 nitrogen and oxygen atoms in total. The summed E-state index contributed by atoms with van der Waals surface area (Å²) in [5, 5.41) is 8.80. The molecule has 1 atom stereocenters. The highest BCUT2D eigenvalue weighted by Gasteiger charge is 2.48. The van der Waals surface area contributed by atoms with Crippen molar-refractivity contribution in [1.29, 1.82) is 5.26 Å². The van der Waals surface area contributed by atoms with Crippen molar-refractivity contribution in [2.24, 2.45) is 0 Å². The third-order valence-electron chi connectivity index (χ3n) is 4.83. The van der Waals surface area contributed by atoms with Gasteiger partial charge in [0, 0.05) is 38.9 Å². The van der Waals surface area contributed by atoms with Crippen molar-refractivity contribution in [3.8, 4) is 6.07 Å². The SMILES string of the molecule is N#Cc1ccc(N2CCN(C(=O)C3CCCN3C(=O)C(F)(F)F)CC2)nc1. The second-order valence-corrected chi connectivity index (χ2v) is 6.48. The first kappa shape index (κ1) is 18.9. The van der Waals surface area contributed by atoms with Crippen molar-refractivity contribution in [2.45, 2.75) is 25.1 Å². The van der Waals surface area contributed by atoms with E-state index in [4.69, 9.17) is 5.26 Å². The Labute approximate surface area is 154 Å². The van der Waals surface area contributed by atoms with Crippen LogP contribution in [0.4, 0.5) is 19.0 Å². The van der Waals surface area contributed by atoms with Crippen LogP contribution in [-0.2, 0) is 9.59 Å². The summed E-state index contributed by atoms with van der Waals surface area (Å²) in [6, 6.07) is 4.32. The minimum atomic E-state index is -4.97. The van der Waals surface area contributed by atoms with Gasteiger partial charge in [-0.15, -0.1) is 0 Å². The van der Waals surface area contributed by atoms with Gasteiger partial charge in [-0.3, -0.25) is 9.59 Å². The number of carbonyl (C=O) groups excluding carboxylic acids is 2. The molecule has 1 unspecified atom stereocenters. The number of carbonyl (C=O) groups is 2. The smallest absolute Gasteiger partial charge is 0.353 e. The van der Waals surface area contributed by atoms with E-state index in [9.17, 15) is 22.8 Å². The Morgan fingerprint density at radius 2 is 1.85 bits per heavy atom. The van der Waals surface area contributed by atoms with Crippen LogP contribution in [0.25, 0.3) is 0 Å². The van der Waals surface area contributed by atoms with Crippen LogP contribution >= 0.6 is 0 Å². The zero-order chi connectivity index (χ0) is 19.6. The number of alkyl halides is 3. The molecule has 2 amide bonds. The predicted molar refractivity (Wildman–Crippen MR) is 88.5 cm³/mol. The summed E-state index contributed by atoms with van der Waals surface area (Å²) in [7, 11) is 0. The first-order chi connectivity index (χ1) is 12.8. The van der Waals surface area contributed by atoms with Crippen LogP contribution in [0.3, 0.4) is 0 Å². The summed E-state index contributed by atoms with van der Waals surface area (Å²) in [5.41, 5.74) is 0.447. The van der Waals surface area contributed by atoms with E-state index < -0.39 is 24.0 Å². The Morgan fingerprint density at radius 3 is 2.41 bits per heavy atom. The van der Waals surface area contributed by atoms with Crippen molar-refractivity contribution in [2.75, 3.05) is 37.6 Å². The van der Waals surface area contributed by atoms with Crippen molar-refractivity contribution in [3.05, 3.63) is 23.9 Å². The molecule has 1 aromatic heterocycles. The van der Waals surface area contributed by atoms with Crippen LogP contribution in [-0.4, -0.2) is 71.5 Å². The second-order valence-electron chi connectivity index (χ2n) is 6.48. The molecule has 10 heteroatoms. The molecule has 0 spiro atoms. The molecular formula is C17H18F3N5O2. The Morgan fingerprint density at radius 1 is 1.15 bits per heavy atom. The molecule has 2 aliphatic heterocycles. The van der Waals surface area contributed by atoms with E-state index in [1.807, 2.05) is 11.0 Å². The predicted octanol–water partition coefficient (Wildman–Crippen LogP) is 1.16. The average molecular weight is 381 g/mol. The zero-order valence-corrected chi connectivity index (χ0v) is 14.4. The molecule has 2 saturated heterocycles. The number of likely N-dealkylation sites (tertiary alicyclic amines) is 1.